The highest BCUT2D eigenvalue weighted by molar-refractivity contribution is 5.86. The number of aliphatic hydroxyl groups is 2. The molecule has 152 valence electrons. The summed E-state index contributed by atoms with van der Waals surface area (Å²) in [5.41, 5.74) is 7.91. The van der Waals surface area contributed by atoms with E-state index in [0.717, 1.165) is 5.56 Å². The monoisotopic (exact) mass is 399 g/mol. The number of hydrogen-bond donors (Lipinski definition) is 4. The summed E-state index contributed by atoms with van der Waals surface area (Å²) in [7, 11) is 0. The lowest BCUT2D eigenvalue weighted by Crippen LogP contribution is -2.35. The number of nitrogen functional groups attached to an aromatic ring is 1. The minimum Gasteiger partial charge on any atom is -0.487 e. The van der Waals surface area contributed by atoms with Crippen molar-refractivity contribution in [1.82, 2.24) is 19.9 Å². The quantitative estimate of drug-likeness (QED) is 0.517. The smallest absolute Gasteiger partial charge is 0.145 e. The summed E-state index contributed by atoms with van der Waals surface area (Å²) in [4.78, 5) is 8.25. The second-order valence-electron chi connectivity index (χ2n) is 7.59. The first kappa shape index (κ1) is 18.3. The molecule has 3 aromatic rings. The highest BCUT2D eigenvalue weighted by Gasteiger charge is 2.44. The summed E-state index contributed by atoms with van der Waals surface area (Å²) in [5.74, 6) is 0.657. The fraction of sp³-hybridized carbons (Fsp3) is 0.400. The molecule has 9 heteroatoms. The Hall–Kier alpha value is -2.75. The Kier molecular flexibility index (Phi) is 4.38. The minimum atomic E-state index is -1.09. The van der Waals surface area contributed by atoms with Crippen LogP contribution in [0.5, 0.6) is 5.75 Å². The number of nitrogens with one attached hydrogen (secondary N) is 1. The Bertz CT molecular complexity index is 1070. The van der Waals surface area contributed by atoms with Gasteiger partial charge in [-0.2, -0.15) is 0 Å². The average Bonchev–Trinajstić information content (AvgIpc) is 3.28. The van der Waals surface area contributed by atoms with E-state index in [1.165, 1.54) is 12.4 Å². The number of aromatic nitrogens is 3. The van der Waals surface area contributed by atoms with Crippen molar-refractivity contribution in [1.29, 1.82) is 0 Å². The van der Waals surface area contributed by atoms with Gasteiger partial charge < -0.3 is 30.6 Å². The molecule has 0 bridgehead atoms. The zero-order valence-electron chi connectivity index (χ0n) is 15.6. The molecule has 4 atom stereocenters. The fourth-order valence-corrected chi connectivity index (χ4v) is 4.43. The van der Waals surface area contributed by atoms with E-state index in [1.807, 2.05) is 0 Å². The fourth-order valence-electron chi connectivity index (χ4n) is 4.43. The van der Waals surface area contributed by atoms with Crippen LogP contribution in [0.15, 0.2) is 30.7 Å². The summed E-state index contributed by atoms with van der Waals surface area (Å²) in [5, 5.41) is 25.2. The Labute approximate surface area is 166 Å². The molecule has 8 nitrogen and oxygen atoms in total. The highest BCUT2D eigenvalue weighted by Crippen LogP contribution is 2.37. The zero-order chi connectivity index (χ0) is 20.1. The number of halogens is 1. The third-order valence-corrected chi connectivity index (χ3v) is 5.96. The lowest BCUT2D eigenvalue weighted by molar-refractivity contribution is -0.0166. The number of aliphatic hydroxyl groups excluding tert-OH is 2. The van der Waals surface area contributed by atoms with E-state index in [4.69, 9.17) is 10.5 Å². The first-order valence-electron chi connectivity index (χ1n) is 9.65. The largest absolute Gasteiger partial charge is 0.487 e. The number of fused-ring (bicyclic) bond motifs is 2. The average molecular weight is 399 g/mol. The molecule has 1 aliphatic carbocycles. The summed E-state index contributed by atoms with van der Waals surface area (Å²) in [6.07, 6.45) is 1.35. The van der Waals surface area contributed by atoms with Crippen molar-refractivity contribution in [2.75, 3.05) is 12.3 Å². The standard InChI is InChI=1S/C20H22FN5O3/c21-13-1-2-15(12-8-23-5-3-10(12)13)29-16-7-14(17(27)18(16)28)26-6-4-11-19(22)24-9-25-20(11)26/h1-2,4,6,9,14,16-18,23,27-28H,3,5,7-8H2,(H2,22,24,25). The van der Waals surface area contributed by atoms with Crippen LogP contribution in [-0.4, -0.2) is 49.6 Å². The second-order valence-corrected chi connectivity index (χ2v) is 7.59. The van der Waals surface area contributed by atoms with Crippen molar-refractivity contribution in [3.8, 4) is 5.75 Å². The summed E-state index contributed by atoms with van der Waals surface area (Å²) < 4.78 is 22.0. The molecule has 4 unspecified atom stereocenters. The van der Waals surface area contributed by atoms with E-state index in [0.29, 0.717) is 54.1 Å². The van der Waals surface area contributed by atoms with Gasteiger partial charge in [-0.1, -0.05) is 0 Å². The maximum atomic E-state index is 14.1. The van der Waals surface area contributed by atoms with Gasteiger partial charge in [0.25, 0.3) is 0 Å². The predicted octanol–water partition coefficient (Wildman–Crippen LogP) is 0.912. The minimum absolute atomic E-state index is 0.241. The Morgan fingerprint density at radius 2 is 2.03 bits per heavy atom. The molecule has 3 heterocycles. The van der Waals surface area contributed by atoms with Crippen LogP contribution in [0.2, 0.25) is 0 Å². The first-order chi connectivity index (χ1) is 14.0. The van der Waals surface area contributed by atoms with Gasteiger partial charge in [0.1, 0.15) is 47.7 Å². The van der Waals surface area contributed by atoms with Gasteiger partial charge in [-0.05, 0) is 36.7 Å². The number of hydrogen-bond acceptors (Lipinski definition) is 7. The Morgan fingerprint density at radius 1 is 1.17 bits per heavy atom. The maximum Gasteiger partial charge on any atom is 0.145 e. The molecule has 0 amide bonds. The molecule has 1 fully saturated rings. The topological polar surface area (TPSA) is 118 Å². The van der Waals surface area contributed by atoms with Gasteiger partial charge in [0.2, 0.25) is 0 Å². The van der Waals surface area contributed by atoms with E-state index in [-0.39, 0.29) is 5.82 Å². The first-order valence-corrected chi connectivity index (χ1v) is 9.65. The van der Waals surface area contributed by atoms with Crippen molar-refractivity contribution < 1.29 is 19.3 Å². The molecule has 2 aliphatic rings. The van der Waals surface area contributed by atoms with E-state index < -0.39 is 24.4 Å². The second kappa shape index (κ2) is 6.94. The lowest BCUT2D eigenvalue weighted by atomic mass is 9.99. The molecule has 2 aromatic heterocycles. The Balaban J connectivity index is 1.44. The van der Waals surface area contributed by atoms with E-state index >= 15 is 0 Å². The number of nitrogens with two attached hydrogens (primary N) is 1. The van der Waals surface area contributed by atoms with Gasteiger partial charge >= 0.3 is 0 Å². The number of nitrogens with zero attached hydrogens (tertiary/aromatic N) is 3. The van der Waals surface area contributed by atoms with Crippen molar-refractivity contribution in [3.05, 3.63) is 47.7 Å². The number of rotatable bonds is 3. The van der Waals surface area contributed by atoms with Crippen molar-refractivity contribution in [2.24, 2.45) is 0 Å². The predicted molar refractivity (Wildman–Crippen MR) is 104 cm³/mol. The molecule has 0 spiro atoms. The molecule has 0 radical (unpaired) electrons. The van der Waals surface area contributed by atoms with Crippen molar-refractivity contribution in [2.45, 2.75) is 43.7 Å². The molecule has 0 saturated heterocycles. The molecule has 5 N–H and O–H groups in total. The van der Waals surface area contributed by atoms with Gasteiger partial charge in [0, 0.05) is 24.7 Å². The molecule has 1 aromatic carbocycles. The van der Waals surface area contributed by atoms with Gasteiger partial charge in [-0.25, -0.2) is 14.4 Å². The van der Waals surface area contributed by atoms with Gasteiger partial charge in [-0.3, -0.25) is 0 Å². The molecule has 29 heavy (non-hydrogen) atoms. The molecule has 1 aliphatic heterocycles. The lowest BCUT2D eigenvalue weighted by Gasteiger charge is -2.24. The van der Waals surface area contributed by atoms with Crippen LogP contribution in [0.25, 0.3) is 11.0 Å². The van der Waals surface area contributed by atoms with E-state index in [2.05, 4.69) is 15.3 Å². The van der Waals surface area contributed by atoms with Crippen LogP contribution >= 0.6 is 0 Å². The van der Waals surface area contributed by atoms with Crippen molar-refractivity contribution in [3.63, 3.8) is 0 Å². The Morgan fingerprint density at radius 3 is 2.90 bits per heavy atom. The normalized spacial score (nSPS) is 26.6. The van der Waals surface area contributed by atoms with E-state index in [9.17, 15) is 14.6 Å². The van der Waals surface area contributed by atoms with Crippen LogP contribution in [-0.2, 0) is 13.0 Å². The summed E-state index contributed by atoms with van der Waals surface area (Å²) in [6, 6.07) is 4.34. The highest BCUT2D eigenvalue weighted by atomic mass is 19.1. The zero-order valence-corrected chi connectivity index (χ0v) is 15.6. The van der Waals surface area contributed by atoms with Crippen LogP contribution in [0, 0.1) is 5.82 Å². The van der Waals surface area contributed by atoms with Crippen LogP contribution in [0.4, 0.5) is 10.2 Å². The van der Waals surface area contributed by atoms with Gasteiger partial charge in [-0.15, -0.1) is 0 Å². The van der Waals surface area contributed by atoms with Crippen LogP contribution < -0.4 is 15.8 Å². The van der Waals surface area contributed by atoms with Crippen molar-refractivity contribution >= 4 is 16.9 Å². The molecular formula is C20H22FN5O3. The van der Waals surface area contributed by atoms with E-state index in [1.54, 1.807) is 22.9 Å². The molecule has 5 rings (SSSR count). The third kappa shape index (κ3) is 2.93. The summed E-state index contributed by atoms with van der Waals surface area (Å²) >= 11 is 0. The summed E-state index contributed by atoms with van der Waals surface area (Å²) in [6.45, 7) is 1.22. The molecule has 1 saturated carbocycles. The number of anilines is 1. The number of ether oxygens (including phenoxy) is 1. The van der Waals surface area contributed by atoms with Gasteiger partial charge in [0.05, 0.1) is 11.4 Å². The van der Waals surface area contributed by atoms with Crippen LogP contribution in [0.1, 0.15) is 23.6 Å². The third-order valence-electron chi connectivity index (χ3n) is 5.96. The maximum absolute atomic E-state index is 14.1. The SMILES string of the molecule is Nc1ncnc2c1ccn2C1CC(Oc2ccc(F)c3c2CNCC3)C(O)C1O. The number of benzene rings is 1. The van der Waals surface area contributed by atoms with Crippen LogP contribution in [0.3, 0.4) is 0 Å². The van der Waals surface area contributed by atoms with Gasteiger partial charge in [0.15, 0.2) is 0 Å². The molecular weight excluding hydrogens is 377 g/mol.